The zero-order valence-corrected chi connectivity index (χ0v) is 15.1. The second-order valence-electron chi connectivity index (χ2n) is 5.86. The Morgan fingerprint density at radius 2 is 2.20 bits per heavy atom. The van der Waals surface area contributed by atoms with Gasteiger partial charge in [-0.05, 0) is 30.2 Å². The van der Waals surface area contributed by atoms with Crippen LogP contribution in [-0.4, -0.2) is 31.4 Å². The predicted molar refractivity (Wildman–Crippen MR) is 96.9 cm³/mol. The van der Waals surface area contributed by atoms with Gasteiger partial charge in [0, 0.05) is 29.2 Å². The van der Waals surface area contributed by atoms with Crippen LogP contribution in [0.1, 0.15) is 10.4 Å². The fourth-order valence-corrected chi connectivity index (χ4v) is 4.39. The van der Waals surface area contributed by atoms with E-state index in [1.807, 2.05) is 6.07 Å². The smallest absolute Gasteiger partial charge is 0.268 e. The monoisotopic (exact) mass is 376 g/mol. The number of rotatable bonds is 4. The van der Waals surface area contributed by atoms with Crippen LogP contribution >= 0.6 is 11.3 Å². The van der Waals surface area contributed by atoms with E-state index in [1.54, 1.807) is 29.5 Å². The van der Waals surface area contributed by atoms with Crippen molar-refractivity contribution in [2.24, 2.45) is 0 Å². The highest BCUT2D eigenvalue weighted by atomic mass is 32.2. The minimum absolute atomic E-state index is 0.427. The standard InChI is InChI=1S/C16H16N4O3S2/c1-25(21,22)20-12-4-2-3-10(7-12)15-18-16(23-19-15)14-8-11-9-17-6-5-13(11)24-14/h2-4,7-8,17,20H,5-6,9H2,1H3. The molecule has 0 unspecified atom stereocenters. The topological polar surface area (TPSA) is 97.1 Å². The molecular formula is C16H16N4O3S2. The average Bonchev–Trinajstić information content (AvgIpc) is 3.20. The minimum Gasteiger partial charge on any atom is -0.333 e. The molecule has 7 nitrogen and oxygen atoms in total. The zero-order chi connectivity index (χ0) is 17.4. The molecule has 25 heavy (non-hydrogen) atoms. The lowest BCUT2D eigenvalue weighted by Gasteiger charge is -2.10. The normalized spacial score (nSPS) is 14.3. The third-order valence-electron chi connectivity index (χ3n) is 3.80. The first kappa shape index (κ1) is 16.2. The molecule has 0 aliphatic carbocycles. The van der Waals surface area contributed by atoms with Crippen molar-refractivity contribution in [1.29, 1.82) is 0 Å². The van der Waals surface area contributed by atoms with Gasteiger partial charge in [0.1, 0.15) is 0 Å². The van der Waals surface area contributed by atoms with Gasteiger partial charge in [-0.2, -0.15) is 4.98 Å². The second-order valence-corrected chi connectivity index (χ2v) is 8.75. The van der Waals surface area contributed by atoms with E-state index in [2.05, 4.69) is 26.2 Å². The number of hydrogen-bond acceptors (Lipinski definition) is 7. The molecule has 1 aromatic carbocycles. The van der Waals surface area contributed by atoms with Crippen LogP contribution in [0.2, 0.25) is 0 Å². The van der Waals surface area contributed by atoms with E-state index in [-0.39, 0.29) is 0 Å². The van der Waals surface area contributed by atoms with Crippen LogP contribution < -0.4 is 10.0 Å². The molecule has 0 fully saturated rings. The molecule has 0 bridgehead atoms. The van der Waals surface area contributed by atoms with Gasteiger partial charge in [0.25, 0.3) is 5.89 Å². The molecule has 0 saturated carbocycles. The average molecular weight is 376 g/mol. The molecule has 4 rings (SSSR count). The lowest BCUT2D eigenvalue weighted by molar-refractivity contribution is 0.433. The predicted octanol–water partition coefficient (Wildman–Crippen LogP) is 2.48. The van der Waals surface area contributed by atoms with Gasteiger partial charge in [0.15, 0.2) is 0 Å². The zero-order valence-electron chi connectivity index (χ0n) is 13.4. The van der Waals surface area contributed by atoms with Crippen molar-refractivity contribution in [3.63, 3.8) is 0 Å². The van der Waals surface area contributed by atoms with Gasteiger partial charge in [-0.25, -0.2) is 8.42 Å². The van der Waals surface area contributed by atoms with Gasteiger partial charge < -0.3 is 9.84 Å². The Bertz CT molecular complexity index is 1000. The van der Waals surface area contributed by atoms with E-state index in [1.165, 1.54) is 10.4 Å². The third kappa shape index (κ3) is 3.58. The van der Waals surface area contributed by atoms with Gasteiger partial charge in [-0.15, -0.1) is 11.3 Å². The maximum atomic E-state index is 11.4. The molecule has 0 saturated heterocycles. The summed E-state index contributed by atoms with van der Waals surface area (Å²) in [6.45, 7) is 1.86. The van der Waals surface area contributed by atoms with Crippen LogP contribution in [0.3, 0.4) is 0 Å². The van der Waals surface area contributed by atoms with Crippen molar-refractivity contribution in [3.8, 4) is 22.2 Å². The minimum atomic E-state index is -3.33. The van der Waals surface area contributed by atoms with Crippen LogP contribution in [0.25, 0.3) is 22.2 Å². The first-order valence-corrected chi connectivity index (χ1v) is 10.4. The summed E-state index contributed by atoms with van der Waals surface area (Å²) in [4.78, 5) is 6.78. The van der Waals surface area contributed by atoms with Gasteiger partial charge >= 0.3 is 0 Å². The number of thiophene rings is 1. The molecule has 9 heteroatoms. The van der Waals surface area contributed by atoms with E-state index >= 15 is 0 Å². The quantitative estimate of drug-likeness (QED) is 0.726. The summed E-state index contributed by atoms with van der Waals surface area (Å²) in [5, 5.41) is 7.38. The molecule has 2 aromatic heterocycles. The summed E-state index contributed by atoms with van der Waals surface area (Å²) in [6.07, 6.45) is 2.12. The van der Waals surface area contributed by atoms with Crippen LogP contribution in [0.15, 0.2) is 34.9 Å². The Morgan fingerprint density at radius 1 is 1.32 bits per heavy atom. The Kier molecular flexibility index (Phi) is 4.06. The molecule has 3 heterocycles. The Balaban J connectivity index is 1.63. The van der Waals surface area contributed by atoms with Crippen molar-refractivity contribution < 1.29 is 12.9 Å². The Hall–Kier alpha value is -2.23. The largest absolute Gasteiger partial charge is 0.333 e. The molecule has 130 valence electrons. The molecule has 1 aliphatic rings. The summed E-state index contributed by atoms with van der Waals surface area (Å²) in [6, 6.07) is 9.00. The van der Waals surface area contributed by atoms with Crippen LogP contribution in [0.4, 0.5) is 5.69 Å². The van der Waals surface area contributed by atoms with Crippen molar-refractivity contribution in [1.82, 2.24) is 15.5 Å². The van der Waals surface area contributed by atoms with E-state index in [4.69, 9.17) is 4.52 Å². The highest BCUT2D eigenvalue weighted by molar-refractivity contribution is 7.92. The fraction of sp³-hybridized carbons (Fsp3) is 0.250. The number of sulfonamides is 1. The number of nitrogens with one attached hydrogen (secondary N) is 2. The number of anilines is 1. The Morgan fingerprint density at radius 3 is 3.00 bits per heavy atom. The maximum absolute atomic E-state index is 11.4. The van der Waals surface area contributed by atoms with Gasteiger partial charge in [0.05, 0.1) is 11.1 Å². The van der Waals surface area contributed by atoms with Crippen molar-refractivity contribution in [2.45, 2.75) is 13.0 Å². The van der Waals surface area contributed by atoms with Gasteiger partial charge in [0.2, 0.25) is 15.8 Å². The molecule has 1 aliphatic heterocycles. The molecule has 0 atom stereocenters. The second kappa shape index (κ2) is 6.25. The summed E-state index contributed by atoms with van der Waals surface area (Å²) >= 11 is 1.68. The van der Waals surface area contributed by atoms with E-state index in [9.17, 15) is 8.42 Å². The van der Waals surface area contributed by atoms with Gasteiger partial charge in [-0.1, -0.05) is 17.3 Å². The molecule has 0 radical (unpaired) electrons. The lowest BCUT2D eigenvalue weighted by atomic mass is 10.1. The van der Waals surface area contributed by atoms with E-state index in [0.717, 1.165) is 30.6 Å². The number of benzene rings is 1. The first-order valence-electron chi connectivity index (χ1n) is 7.72. The highest BCUT2D eigenvalue weighted by Gasteiger charge is 2.18. The number of hydrogen-bond donors (Lipinski definition) is 2. The third-order valence-corrected chi connectivity index (χ3v) is 5.63. The van der Waals surface area contributed by atoms with Crippen molar-refractivity contribution in [3.05, 3.63) is 40.8 Å². The molecule has 0 amide bonds. The van der Waals surface area contributed by atoms with Crippen LogP contribution in [0, 0.1) is 0 Å². The number of fused-ring (bicyclic) bond motifs is 1. The summed E-state index contributed by atoms with van der Waals surface area (Å²) in [7, 11) is -3.33. The summed E-state index contributed by atoms with van der Waals surface area (Å²) < 4.78 is 30.6. The maximum Gasteiger partial charge on any atom is 0.268 e. The lowest BCUT2D eigenvalue weighted by Crippen LogP contribution is -2.21. The highest BCUT2D eigenvalue weighted by Crippen LogP contribution is 2.33. The SMILES string of the molecule is CS(=O)(=O)Nc1cccc(-c2noc(-c3cc4c(s3)CCNC4)n2)c1. The summed E-state index contributed by atoms with van der Waals surface area (Å²) in [5.41, 5.74) is 2.43. The molecule has 3 aromatic rings. The number of nitrogens with zero attached hydrogens (tertiary/aromatic N) is 2. The summed E-state index contributed by atoms with van der Waals surface area (Å²) in [5.74, 6) is 0.910. The van der Waals surface area contributed by atoms with Gasteiger partial charge in [-0.3, -0.25) is 4.72 Å². The first-order chi connectivity index (χ1) is 12.0. The molecule has 2 N–H and O–H groups in total. The van der Waals surface area contributed by atoms with E-state index in [0.29, 0.717) is 23.0 Å². The van der Waals surface area contributed by atoms with Crippen molar-refractivity contribution >= 4 is 27.0 Å². The fourth-order valence-electron chi connectivity index (χ4n) is 2.73. The van der Waals surface area contributed by atoms with Crippen molar-refractivity contribution in [2.75, 3.05) is 17.5 Å². The van der Waals surface area contributed by atoms with Crippen LogP contribution in [0.5, 0.6) is 0 Å². The molecular weight excluding hydrogens is 360 g/mol. The Labute approximate surface area is 149 Å². The number of aromatic nitrogens is 2. The van der Waals surface area contributed by atoms with E-state index < -0.39 is 10.0 Å². The molecule has 0 spiro atoms. The van der Waals surface area contributed by atoms with Crippen LogP contribution in [-0.2, 0) is 23.0 Å².